The van der Waals surface area contributed by atoms with Crippen LogP contribution in [-0.2, 0) is 20.7 Å². The number of hydrogen-bond donors (Lipinski definition) is 1. The number of benzene rings is 1. The molecule has 5 heteroatoms. The van der Waals surface area contributed by atoms with E-state index in [1.54, 1.807) is 0 Å². The smallest absolute Gasteiger partial charge is 0.307 e. The number of rotatable bonds is 9. The van der Waals surface area contributed by atoms with E-state index in [0.717, 1.165) is 17.7 Å². The first kappa shape index (κ1) is 19.2. The number of aryl methyl sites for hydroxylation is 1. The number of thiophene rings is 1. The van der Waals surface area contributed by atoms with E-state index < -0.39 is 0 Å². The summed E-state index contributed by atoms with van der Waals surface area (Å²) in [5, 5.41) is 4.92. The van der Waals surface area contributed by atoms with Crippen LogP contribution in [0.2, 0.25) is 0 Å². The fraction of sp³-hybridized carbons (Fsp3) is 0.400. The van der Waals surface area contributed by atoms with E-state index in [4.69, 9.17) is 4.74 Å². The van der Waals surface area contributed by atoms with Crippen molar-refractivity contribution in [3.8, 4) is 0 Å². The molecular formula is C20H25NO3S. The van der Waals surface area contributed by atoms with Gasteiger partial charge in [0.05, 0.1) is 19.6 Å². The molecule has 0 aliphatic heterocycles. The molecule has 4 nitrogen and oxygen atoms in total. The van der Waals surface area contributed by atoms with Gasteiger partial charge in [0, 0.05) is 11.3 Å². The summed E-state index contributed by atoms with van der Waals surface area (Å²) in [4.78, 5) is 25.0. The van der Waals surface area contributed by atoms with Crippen LogP contribution in [0.3, 0.4) is 0 Å². The number of methoxy groups -OCH3 is 1. The topological polar surface area (TPSA) is 55.4 Å². The van der Waals surface area contributed by atoms with Crippen LogP contribution in [0.4, 0.5) is 0 Å². The number of ether oxygens (including phenoxy) is 1. The van der Waals surface area contributed by atoms with Crippen LogP contribution < -0.4 is 5.32 Å². The Balaban J connectivity index is 1.84. The van der Waals surface area contributed by atoms with Crippen molar-refractivity contribution in [1.29, 1.82) is 0 Å². The third-order valence-electron chi connectivity index (χ3n) is 4.12. The lowest BCUT2D eigenvalue weighted by Crippen LogP contribution is -2.31. The van der Waals surface area contributed by atoms with E-state index in [1.165, 1.54) is 24.0 Å². The van der Waals surface area contributed by atoms with Crippen molar-refractivity contribution in [3.05, 3.63) is 58.3 Å². The molecule has 0 aliphatic carbocycles. The SMILES string of the molecule is COC(=O)CC(NC(=O)CC(C)CCc1ccccc1)c1cccs1. The average Bonchev–Trinajstić information content (AvgIpc) is 3.14. The molecule has 0 spiro atoms. The highest BCUT2D eigenvalue weighted by Crippen LogP contribution is 2.23. The molecule has 134 valence electrons. The van der Waals surface area contributed by atoms with Gasteiger partial charge < -0.3 is 10.1 Å². The fourth-order valence-corrected chi connectivity index (χ4v) is 3.47. The predicted molar refractivity (Wildman–Crippen MR) is 100 cm³/mol. The third-order valence-corrected chi connectivity index (χ3v) is 5.11. The molecule has 25 heavy (non-hydrogen) atoms. The normalized spacial score (nSPS) is 13.0. The molecular weight excluding hydrogens is 334 g/mol. The highest BCUT2D eigenvalue weighted by Gasteiger charge is 2.20. The average molecular weight is 359 g/mol. The molecule has 1 amide bonds. The maximum atomic E-state index is 12.4. The van der Waals surface area contributed by atoms with Gasteiger partial charge in [-0.3, -0.25) is 9.59 Å². The Morgan fingerprint density at radius 3 is 2.52 bits per heavy atom. The first-order valence-electron chi connectivity index (χ1n) is 8.52. The van der Waals surface area contributed by atoms with Gasteiger partial charge in [-0.05, 0) is 35.8 Å². The summed E-state index contributed by atoms with van der Waals surface area (Å²) in [6, 6.07) is 13.8. The Morgan fingerprint density at radius 2 is 1.88 bits per heavy atom. The minimum Gasteiger partial charge on any atom is -0.469 e. The molecule has 2 unspecified atom stereocenters. The van der Waals surface area contributed by atoms with Crippen molar-refractivity contribution in [2.75, 3.05) is 7.11 Å². The fourth-order valence-electron chi connectivity index (χ4n) is 2.69. The summed E-state index contributed by atoms with van der Waals surface area (Å²) in [6.07, 6.45) is 2.53. The van der Waals surface area contributed by atoms with Gasteiger partial charge in [-0.15, -0.1) is 11.3 Å². The van der Waals surface area contributed by atoms with Crippen molar-refractivity contribution in [2.24, 2.45) is 5.92 Å². The number of esters is 1. The molecule has 1 aromatic carbocycles. The quantitative estimate of drug-likeness (QED) is 0.685. The molecule has 2 atom stereocenters. The predicted octanol–water partition coefficient (Wildman–Crippen LogP) is 4.13. The van der Waals surface area contributed by atoms with Gasteiger partial charge in [0.1, 0.15) is 0 Å². The second-order valence-electron chi connectivity index (χ2n) is 6.25. The minimum atomic E-state index is -0.323. The number of carbonyl (C=O) groups excluding carboxylic acids is 2. The first-order chi connectivity index (χ1) is 12.1. The summed E-state index contributed by atoms with van der Waals surface area (Å²) in [5.41, 5.74) is 1.29. The van der Waals surface area contributed by atoms with E-state index in [0.29, 0.717) is 6.42 Å². The van der Waals surface area contributed by atoms with Crippen LogP contribution in [0.5, 0.6) is 0 Å². The van der Waals surface area contributed by atoms with Gasteiger partial charge in [-0.1, -0.05) is 43.3 Å². The van der Waals surface area contributed by atoms with Gasteiger partial charge in [-0.2, -0.15) is 0 Å². The van der Waals surface area contributed by atoms with Crippen LogP contribution in [-0.4, -0.2) is 19.0 Å². The van der Waals surface area contributed by atoms with Gasteiger partial charge >= 0.3 is 5.97 Å². The highest BCUT2D eigenvalue weighted by molar-refractivity contribution is 7.10. The number of nitrogens with one attached hydrogen (secondary N) is 1. The Hall–Kier alpha value is -2.14. The van der Waals surface area contributed by atoms with Gasteiger partial charge in [0.25, 0.3) is 0 Å². The molecule has 0 radical (unpaired) electrons. The molecule has 0 fully saturated rings. The molecule has 2 rings (SSSR count). The second-order valence-corrected chi connectivity index (χ2v) is 7.23. The maximum absolute atomic E-state index is 12.4. The van der Waals surface area contributed by atoms with E-state index in [-0.39, 0.29) is 30.3 Å². The molecule has 0 aliphatic rings. The van der Waals surface area contributed by atoms with Gasteiger partial charge in [-0.25, -0.2) is 0 Å². The van der Waals surface area contributed by atoms with E-state index in [1.807, 2.05) is 35.7 Å². The van der Waals surface area contributed by atoms with Crippen LogP contribution >= 0.6 is 11.3 Å². The lowest BCUT2D eigenvalue weighted by atomic mass is 9.97. The molecule has 2 aromatic rings. The molecule has 1 aromatic heterocycles. The molecule has 1 heterocycles. The zero-order valence-electron chi connectivity index (χ0n) is 14.7. The van der Waals surface area contributed by atoms with E-state index >= 15 is 0 Å². The summed E-state index contributed by atoms with van der Waals surface area (Å²) >= 11 is 1.53. The zero-order chi connectivity index (χ0) is 18.1. The van der Waals surface area contributed by atoms with Crippen LogP contribution in [0.25, 0.3) is 0 Å². The Morgan fingerprint density at radius 1 is 1.12 bits per heavy atom. The first-order valence-corrected chi connectivity index (χ1v) is 9.40. The summed E-state index contributed by atoms with van der Waals surface area (Å²) in [6.45, 7) is 2.09. The number of hydrogen-bond acceptors (Lipinski definition) is 4. The van der Waals surface area contributed by atoms with Crippen LogP contribution in [0.15, 0.2) is 47.8 Å². The van der Waals surface area contributed by atoms with E-state index in [2.05, 4.69) is 24.4 Å². The van der Waals surface area contributed by atoms with Crippen molar-refractivity contribution < 1.29 is 14.3 Å². The number of amides is 1. The monoisotopic (exact) mass is 359 g/mol. The molecule has 0 bridgehead atoms. The molecule has 0 saturated carbocycles. The van der Waals surface area contributed by atoms with Gasteiger partial charge in [0.2, 0.25) is 5.91 Å². The number of carbonyl (C=O) groups is 2. The lowest BCUT2D eigenvalue weighted by Gasteiger charge is -2.18. The lowest BCUT2D eigenvalue weighted by molar-refractivity contribution is -0.141. The standard InChI is InChI=1S/C20H25NO3S/c1-15(10-11-16-7-4-3-5-8-16)13-19(22)21-17(14-20(23)24-2)18-9-6-12-25-18/h3-9,12,15,17H,10-11,13-14H2,1-2H3,(H,21,22). The van der Waals surface area contributed by atoms with Crippen LogP contribution in [0.1, 0.15) is 42.7 Å². The van der Waals surface area contributed by atoms with Crippen molar-refractivity contribution in [3.63, 3.8) is 0 Å². The summed E-state index contributed by atoms with van der Waals surface area (Å²) < 4.78 is 4.74. The van der Waals surface area contributed by atoms with Crippen molar-refractivity contribution in [1.82, 2.24) is 5.32 Å². The van der Waals surface area contributed by atoms with Crippen LogP contribution in [0, 0.1) is 5.92 Å². The van der Waals surface area contributed by atoms with Crippen molar-refractivity contribution in [2.45, 2.75) is 38.6 Å². The molecule has 1 N–H and O–H groups in total. The van der Waals surface area contributed by atoms with E-state index in [9.17, 15) is 9.59 Å². The Bertz CT molecular complexity index is 655. The minimum absolute atomic E-state index is 0.0251. The summed E-state index contributed by atoms with van der Waals surface area (Å²) in [7, 11) is 1.36. The maximum Gasteiger partial charge on any atom is 0.307 e. The summed E-state index contributed by atoms with van der Waals surface area (Å²) in [5.74, 6) is -0.0685. The highest BCUT2D eigenvalue weighted by atomic mass is 32.1. The van der Waals surface area contributed by atoms with Gasteiger partial charge in [0.15, 0.2) is 0 Å². The third kappa shape index (κ3) is 6.70. The zero-order valence-corrected chi connectivity index (χ0v) is 15.6. The Kier molecular flexibility index (Phi) is 7.67. The van der Waals surface area contributed by atoms with Crippen molar-refractivity contribution >= 4 is 23.2 Å². The Labute approximate surface area is 153 Å². The second kappa shape index (κ2) is 9.99. The largest absolute Gasteiger partial charge is 0.469 e. The molecule has 0 saturated heterocycles.